The van der Waals surface area contributed by atoms with Crippen LogP contribution in [0.3, 0.4) is 0 Å². The molecule has 4 nitrogen and oxygen atoms in total. The monoisotopic (exact) mass is 426 g/mol. The van der Waals surface area contributed by atoms with Crippen LogP contribution in [0.2, 0.25) is 5.02 Å². The van der Waals surface area contributed by atoms with Gasteiger partial charge in [-0.1, -0.05) is 53.2 Å². The summed E-state index contributed by atoms with van der Waals surface area (Å²) < 4.78 is 11.6. The predicted molar refractivity (Wildman–Crippen MR) is 123 cm³/mol. The van der Waals surface area contributed by atoms with Crippen molar-refractivity contribution in [2.75, 3.05) is 0 Å². The minimum Gasteiger partial charge on any atom is -0.487 e. The highest BCUT2D eigenvalue weighted by Gasteiger charge is 2.17. The molecule has 3 aromatic carbocycles. The van der Waals surface area contributed by atoms with Crippen LogP contribution < -0.4 is 4.74 Å². The van der Waals surface area contributed by atoms with Crippen molar-refractivity contribution in [2.24, 2.45) is 0 Å². The van der Waals surface area contributed by atoms with Gasteiger partial charge in [-0.3, -0.25) is 0 Å². The summed E-state index contributed by atoms with van der Waals surface area (Å²) in [4.78, 5) is 4.65. The fourth-order valence-electron chi connectivity index (χ4n) is 3.57. The van der Waals surface area contributed by atoms with Crippen molar-refractivity contribution in [1.29, 1.82) is 0 Å². The molecule has 0 aliphatic carbocycles. The molecular weight excluding hydrogens is 408 g/mol. The van der Waals surface area contributed by atoms with E-state index in [0.29, 0.717) is 11.6 Å². The fourth-order valence-corrected chi connectivity index (χ4v) is 3.70. The minimum absolute atomic E-state index is 0.404. The van der Waals surface area contributed by atoms with E-state index >= 15 is 0 Å². The standard InChI is InChI=1S/C26H19ClN2O2/c1-17-25(19-6-11-21(27)12-7-19)26(31-29-17)20-9-14-23(15-10-20)30-16-22-13-8-18-4-2-3-5-24(18)28-22/h2-15H,16H2,1H3. The molecular formula is C26H19ClN2O2. The topological polar surface area (TPSA) is 48.2 Å². The average Bonchev–Trinajstić information content (AvgIpc) is 3.20. The van der Waals surface area contributed by atoms with Crippen LogP contribution in [-0.4, -0.2) is 10.1 Å². The third-order valence-corrected chi connectivity index (χ3v) is 5.41. The summed E-state index contributed by atoms with van der Waals surface area (Å²) in [7, 11) is 0. The number of pyridine rings is 1. The van der Waals surface area contributed by atoms with Gasteiger partial charge >= 0.3 is 0 Å². The lowest BCUT2D eigenvalue weighted by molar-refractivity contribution is 0.302. The van der Waals surface area contributed by atoms with E-state index in [4.69, 9.17) is 20.9 Å². The van der Waals surface area contributed by atoms with Crippen LogP contribution in [0.15, 0.2) is 89.5 Å². The molecule has 2 heterocycles. The quantitative estimate of drug-likeness (QED) is 0.301. The molecule has 0 spiro atoms. The SMILES string of the molecule is Cc1noc(-c2ccc(OCc3ccc4ccccc4n3)cc2)c1-c1ccc(Cl)cc1. The summed E-state index contributed by atoms with van der Waals surface area (Å²) in [6.07, 6.45) is 0. The zero-order valence-corrected chi connectivity index (χ0v) is 17.6. The molecule has 0 N–H and O–H groups in total. The van der Waals surface area contributed by atoms with Gasteiger partial charge in [0.25, 0.3) is 0 Å². The Morgan fingerprint density at radius 3 is 2.39 bits per heavy atom. The second kappa shape index (κ2) is 8.25. The Hall–Kier alpha value is -3.63. The molecule has 0 atom stereocenters. The van der Waals surface area contributed by atoms with E-state index in [1.165, 1.54) is 0 Å². The van der Waals surface area contributed by atoms with Gasteiger partial charge in [-0.15, -0.1) is 0 Å². The van der Waals surface area contributed by atoms with Gasteiger partial charge in [0.2, 0.25) is 0 Å². The summed E-state index contributed by atoms with van der Waals surface area (Å²) in [5.41, 5.74) is 5.60. The van der Waals surface area contributed by atoms with Crippen molar-refractivity contribution >= 4 is 22.5 Å². The van der Waals surface area contributed by atoms with Crippen molar-refractivity contribution in [3.63, 3.8) is 0 Å². The normalized spacial score (nSPS) is 11.0. The molecule has 5 heteroatoms. The van der Waals surface area contributed by atoms with Crippen LogP contribution in [-0.2, 0) is 6.61 Å². The third kappa shape index (κ3) is 4.03. The van der Waals surface area contributed by atoms with Crippen LogP contribution in [0.25, 0.3) is 33.4 Å². The number of ether oxygens (including phenoxy) is 1. The van der Waals surface area contributed by atoms with Gasteiger partial charge in [-0.05, 0) is 61.0 Å². The van der Waals surface area contributed by atoms with E-state index in [1.807, 2.05) is 79.7 Å². The maximum atomic E-state index is 6.03. The van der Waals surface area contributed by atoms with E-state index in [0.717, 1.165) is 50.5 Å². The first-order chi connectivity index (χ1) is 15.2. The van der Waals surface area contributed by atoms with Crippen LogP contribution >= 0.6 is 11.6 Å². The number of halogens is 1. The molecule has 0 unspecified atom stereocenters. The molecule has 0 radical (unpaired) electrons. The van der Waals surface area contributed by atoms with Crippen LogP contribution in [0.4, 0.5) is 0 Å². The van der Waals surface area contributed by atoms with E-state index in [9.17, 15) is 0 Å². The van der Waals surface area contributed by atoms with Gasteiger partial charge in [-0.25, -0.2) is 4.98 Å². The second-order valence-corrected chi connectivity index (χ2v) is 7.72. The molecule has 31 heavy (non-hydrogen) atoms. The van der Waals surface area contributed by atoms with E-state index < -0.39 is 0 Å². The smallest absolute Gasteiger partial charge is 0.174 e. The number of aromatic nitrogens is 2. The van der Waals surface area contributed by atoms with Gasteiger partial charge in [-0.2, -0.15) is 0 Å². The van der Waals surface area contributed by atoms with Crippen molar-refractivity contribution in [1.82, 2.24) is 10.1 Å². The molecule has 5 rings (SSSR count). The Labute approximate surface area is 185 Å². The zero-order chi connectivity index (χ0) is 21.2. The molecule has 0 saturated carbocycles. The van der Waals surface area contributed by atoms with Gasteiger partial charge in [0, 0.05) is 16.0 Å². The molecule has 0 saturated heterocycles. The maximum absolute atomic E-state index is 6.03. The van der Waals surface area contributed by atoms with Gasteiger partial charge in [0.05, 0.1) is 22.5 Å². The van der Waals surface area contributed by atoms with Crippen LogP contribution in [0, 0.1) is 6.92 Å². The minimum atomic E-state index is 0.404. The maximum Gasteiger partial charge on any atom is 0.174 e. The molecule has 0 aliphatic heterocycles. The summed E-state index contributed by atoms with van der Waals surface area (Å²) in [6, 6.07) is 27.6. The Morgan fingerprint density at radius 1 is 0.839 bits per heavy atom. The van der Waals surface area contributed by atoms with Crippen molar-refractivity contribution < 1.29 is 9.26 Å². The highest BCUT2D eigenvalue weighted by molar-refractivity contribution is 6.30. The summed E-state index contributed by atoms with van der Waals surface area (Å²) in [5, 5.41) is 5.98. The van der Waals surface area contributed by atoms with E-state index in [1.54, 1.807) is 0 Å². The number of hydrogen-bond acceptors (Lipinski definition) is 4. The lowest BCUT2D eigenvalue weighted by Crippen LogP contribution is -1.98. The number of para-hydroxylation sites is 1. The zero-order valence-electron chi connectivity index (χ0n) is 16.9. The molecule has 5 aromatic rings. The fraction of sp³-hybridized carbons (Fsp3) is 0.0769. The van der Waals surface area contributed by atoms with Crippen molar-refractivity contribution in [3.05, 3.63) is 101 Å². The summed E-state index contributed by atoms with van der Waals surface area (Å²) >= 11 is 6.03. The van der Waals surface area contributed by atoms with Crippen molar-refractivity contribution in [3.8, 4) is 28.2 Å². The predicted octanol–water partition coefficient (Wildman–Crippen LogP) is 7.10. The molecule has 0 bridgehead atoms. The summed E-state index contributed by atoms with van der Waals surface area (Å²) in [5.74, 6) is 1.49. The second-order valence-electron chi connectivity index (χ2n) is 7.29. The first kappa shape index (κ1) is 19.3. The summed E-state index contributed by atoms with van der Waals surface area (Å²) in [6.45, 7) is 2.34. The van der Waals surface area contributed by atoms with E-state index in [-0.39, 0.29) is 0 Å². The number of fused-ring (bicyclic) bond motifs is 1. The highest BCUT2D eigenvalue weighted by Crippen LogP contribution is 2.36. The molecule has 2 aromatic heterocycles. The third-order valence-electron chi connectivity index (χ3n) is 5.15. The first-order valence-electron chi connectivity index (χ1n) is 9.97. The highest BCUT2D eigenvalue weighted by atomic mass is 35.5. The van der Waals surface area contributed by atoms with Crippen LogP contribution in [0.1, 0.15) is 11.4 Å². The Morgan fingerprint density at radius 2 is 1.58 bits per heavy atom. The Kier molecular flexibility index (Phi) is 5.14. The molecule has 0 fully saturated rings. The number of aryl methyl sites for hydroxylation is 1. The lowest BCUT2D eigenvalue weighted by atomic mass is 10.00. The molecule has 152 valence electrons. The van der Waals surface area contributed by atoms with Gasteiger partial charge in [0.1, 0.15) is 12.4 Å². The lowest BCUT2D eigenvalue weighted by Gasteiger charge is -2.08. The molecule has 0 aliphatic rings. The number of rotatable bonds is 5. The number of hydrogen-bond donors (Lipinski definition) is 0. The van der Waals surface area contributed by atoms with Crippen LogP contribution in [0.5, 0.6) is 5.75 Å². The van der Waals surface area contributed by atoms with Gasteiger partial charge < -0.3 is 9.26 Å². The Balaban J connectivity index is 1.35. The molecule has 0 amide bonds. The first-order valence-corrected chi connectivity index (χ1v) is 10.4. The number of nitrogens with zero attached hydrogens (tertiary/aromatic N) is 2. The van der Waals surface area contributed by atoms with E-state index in [2.05, 4.69) is 22.3 Å². The van der Waals surface area contributed by atoms with Crippen molar-refractivity contribution in [2.45, 2.75) is 13.5 Å². The van der Waals surface area contributed by atoms with Gasteiger partial charge in [0.15, 0.2) is 5.76 Å². The average molecular weight is 427 g/mol. The largest absolute Gasteiger partial charge is 0.487 e. The Bertz CT molecular complexity index is 1340. The number of benzene rings is 3.